The first-order chi connectivity index (χ1) is 9.52. The molecule has 1 aliphatic heterocycles. The van der Waals surface area contributed by atoms with Gasteiger partial charge >= 0.3 is 0 Å². The topological polar surface area (TPSA) is 84.5 Å². The molecule has 2 rings (SSSR count). The van der Waals surface area contributed by atoms with E-state index >= 15 is 0 Å². The molecule has 1 unspecified atom stereocenters. The molecule has 0 spiro atoms. The largest absolute Gasteiger partial charge is 0.477 e. The Balaban J connectivity index is 1.96. The van der Waals surface area contributed by atoms with Crippen molar-refractivity contribution in [2.24, 2.45) is 0 Å². The molecular formula is C13H18N2O4S. The maximum absolute atomic E-state index is 11.8. The van der Waals surface area contributed by atoms with Gasteiger partial charge in [-0.2, -0.15) is 0 Å². The van der Waals surface area contributed by atoms with Gasteiger partial charge in [0.05, 0.1) is 18.0 Å². The molecule has 1 atom stereocenters. The number of hydrogen-bond donors (Lipinski definition) is 2. The minimum Gasteiger partial charge on any atom is -0.477 e. The van der Waals surface area contributed by atoms with Crippen LogP contribution in [0.15, 0.2) is 24.3 Å². The van der Waals surface area contributed by atoms with Crippen LogP contribution in [-0.2, 0) is 14.8 Å². The zero-order valence-electron chi connectivity index (χ0n) is 11.3. The van der Waals surface area contributed by atoms with E-state index in [9.17, 15) is 13.2 Å². The molecule has 1 heterocycles. The van der Waals surface area contributed by atoms with Crippen molar-refractivity contribution in [1.82, 2.24) is 4.72 Å². The Kier molecular flexibility index (Phi) is 4.61. The summed E-state index contributed by atoms with van der Waals surface area (Å²) in [4.78, 5) is 11.8. The monoisotopic (exact) mass is 298 g/mol. The van der Waals surface area contributed by atoms with Crippen LogP contribution >= 0.6 is 0 Å². The number of unbranched alkanes of at least 4 members (excludes halogenated alkanes) is 1. The fourth-order valence-corrected chi connectivity index (χ4v) is 3.05. The number of benzene rings is 1. The van der Waals surface area contributed by atoms with E-state index in [1.165, 1.54) is 0 Å². The van der Waals surface area contributed by atoms with Crippen LogP contribution in [0.4, 0.5) is 5.69 Å². The van der Waals surface area contributed by atoms with E-state index < -0.39 is 16.1 Å². The quantitative estimate of drug-likeness (QED) is 0.824. The van der Waals surface area contributed by atoms with Gasteiger partial charge in [0.15, 0.2) is 6.10 Å². The second kappa shape index (κ2) is 6.23. The van der Waals surface area contributed by atoms with Gasteiger partial charge in [-0.05, 0) is 18.6 Å². The molecule has 0 fully saturated rings. The first kappa shape index (κ1) is 14.8. The summed E-state index contributed by atoms with van der Waals surface area (Å²) >= 11 is 0. The molecule has 0 bridgehead atoms. The van der Waals surface area contributed by atoms with Crippen LogP contribution in [0, 0.1) is 0 Å². The Morgan fingerprint density at radius 1 is 1.35 bits per heavy atom. The Hall–Kier alpha value is -1.60. The SMILES string of the molecule is CCCCS(=O)(=O)NCC1Oc2ccccc2NC1=O. The summed E-state index contributed by atoms with van der Waals surface area (Å²) in [5, 5.41) is 2.69. The maximum Gasteiger partial charge on any atom is 0.266 e. The number of rotatable bonds is 6. The highest BCUT2D eigenvalue weighted by molar-refractivity contribution is 7.89. The first-order valence-corrected chi connectivity index (χ1v) is 8.21. The molecule has 7 heteroatoms. The molecule has 0 radical (unpaired) electrons. The van der Waals surface area contributed by atoms with Gasteiger partial charge in [0.2, 0.25) is 10.0 Å². The fourth-order valence-electron chi connectivity index (χ4n) is 1.84. The Bertz CT molecular complexity index is 586. The van der Waals surface area contributed by atoms with E-state index in [4.69, 9.17) is 4.74 Å². The van der Waals surface area contributed by atoms with Gasteiger partial charge in [-0.15, -0.1) is 0 Å². The summed E-state index contributed by atoms with van der Waals surface area (Å²) in [7, 11) is -3.35. The third kappa shape index (κ3) is 3.71. The lowest BCUT2D eigenvalue weighted by Crippen LogP contribution is -2.45. The lowest BCUT2D eigenvalue weighted by atomic mass is 10.2. The third-order valence-corrected chi connectivity index (χ3v) is 4.39. The van der Waals surface area contributed by atoms with E-state index in [1.807, 2.05) is 6.92 Å². The molecule has 0 saturated heterocycles. The predicted molar refractivity (Wildman–Crippen MR) is 76.2 cm³/mol. The molecule has 20 heavy (non-hydrogen) atoms. The number of carbonyl (C=O) groups is 1. The number of fused-ring (bicyclic) bond motifs is 1. The second-order valence-electron chi connectivity index (χ2n) is 4.61. The minimum absolute atomic E-state index is 0.0633. The summed E-state index contributed by atoms with van der Waals surface area (Å²) in [6, 6.07) is 7.04. The van der Waals surface area contributed by atoms with E-state index in [0.29, 0.717) is 17.9 Å². The van der Waals surface area contributed by atoms with Crippen LogP contribution in [0.3, 0.4) is 0 Å². The van der Waals surface area contributed by atoms with Crippen molar-refractivity contribution in [3.05, 3.63) is 24.3 Å². The van der Waals surface area contributed by atoms with Crippen LogP contribution in [0.1, 0.15) is 19.8 Å². The number of amides is 1. The molecule has 2 N–H and O–H groups in total. The molecule has 1 aromatic carbocycles. The molecule has 1 aliphatic rings. The zero-order chi connectivity index (χ0) is 14.6. The van der Waals surface area contributed by atoms with Crippen LogP contribution in [0.2, 0.25) is 0 Å². The van der Waals surface area contributed by atoms with E-state index in [1.54, 1.807) is 24.3 Å². The summed E-state index contributed by atoms with van der Waals surface area (Å²) in [6.45, 7) is 1.86. The third-order valence-electron chi connectivity index (χ3n) is 2.96. The molecular weight excluding hydrogens is 280 g/mol. The Morgan fingerprint density at radius 3 is 2.85 bits per heavy atom. The predicted octanol–water partition coefficient (Wildman–Crippen LogP) is 1.11. The lowest BCUT2D eigenvalue weighted by Gasteiger charge is -2.25. The number of carbonyl (C=O) groups excluding carboxylic acids is 1. The van der Waals surface area contributed by atoms with Gasteiger partial charge in [-0.3, -0.25) is 4.79 Å². The van der Waals surface area contributed by atoms with Gasteiger partial charge in [-0.1, -0.05) is 25.5 Å². The van der Waals surface area contributed by atoms with Crippen LogP contribution in [0.25, 0.3) is 0 Å². The highest BCUT2D eigenvalue weighted by Gasteiger charge is 2.28. The standard InChI is InChI=1S/C13H18N2O4S/c1-2-3-8-20(17,18)14-9-12-13(16)15-10-6-4-5-7-11(10)19-12/h4-7,12,14H,2-3,8-9H2,1H3,(H,15,16). The van der Waals surface area contributed by atoms with E-state index in [-0.39, 0.29) is 18.2 Å². The number of nitrogens with one attached hydrogen (secondary N) is 2. The molecule has 6 nitrogen and oxygen atoms in total. The lowest BCUT2D eigenvalue weighted by molar-refractivity contribution is -0.123. The number of ether oxygens (including phenoxy) is 1. The Labute approximate surface area is 118 Å². The van der Waals surface area contributed by atoms with Gasteiger partial charge in [0.25, 0.3) is 5.91 Å². The summed E-state index contributed by atoms with van der Waals surface area (Å²) < 4.78 is 31.3. The minimum atomic E-state index is -3.35. The first-order valence-electron chi connectivity index (χ1n) is 6.56. The molecule has 110 valence electrons. The summed E-state index contributed by atoms with van der Waals surface area (Å²) in [6.07, 6.45) is 0.547. The smallest absolute Gasteiger partial charge is 0.266 e. The average Bonchev–Trinajstić information content (AvgIpc) is 2.43. The van der Waals surface area contributed by atoms with Crippen LogP contribution < -0.4 is 14.8 Å². The van der Waals surface area contributed by atoms with Crippen molar-refractivity contribution >= 4 is 21.6 Å². The van der Waals surface area contributed by atoms with Gasteiger partial charge < -0.3 is 10.1 Å². The fraction of sp³-hybridized carbons (Fsp3) is 0.462. The van der Waals surface area contributed by atoms with Crippen molar-refractivity contribution in [3.63, 3.8) is 0 Å². The highest BCUT2D eigenvalue weighted by atomic mass is 32.2. The van der Waals surface area contributed by atoms with Crippen LogP contribution in [0.5, 0.6) is 5.75 Å². The van der Waals surface area contributed by atoms with Crippen molar-refractivity contribution in [1.29, 1.82) is 0 Å². The highest BCUT2D eigenvalue weighted by Crippen LogP contribution is 2.28. The Morgan fingerprint density at radius 2 is 2.10 bits per heavy atom. The number of hydrogen-bond acceptors (Lipinski definition) is 4. The van der Waals surface area contributed by atoms with Crippen molar-refractivity contribution in [3.8, 4) is 5.75 Å². The average molecular weight is 298 g/mol. The molecule has 1 aromatic rings. The van der Waals surface area contributed by atoms with Crippen molar-refractivity contribution in [2.75, 3.05) is 17.6 Å². The number of para-hydroxylation sites is 2. The molecule has 0 aliphatic carbocycles. The van der Waals surface area contributed by atoms with E-state index in [0.717, 1.165) is 6.42 Å². The molecule has 0 saturated carbocycles. The maximum atomic E-state index is 11.8. The van der Waals surface area contributed by atoms with Gasteiger partial charge in [0.1, 0.15) is 5.75 Å². The zero-order valence-corrected chi connectivity index (χ0v) is 12.1. The second-order valence-corrected chi connectivity index (χ2v) is 6.54. The van der Waals surface area contributed by atoms with Crippen molar-refractivity contribution in [2.45, 2.75) is 25.9 Å². The molecule has 1 amide bonds. The van der Waals surface area contributed by atoms with Crippen LogP contribution in [-0.4, -0.2) is 32.7 Å². The number of sulfonamides is 1. The number of anilines is 1. The molecule has 0 aromatic heterocycles. The summed E-state index contributed by atoms with van der Waals surface area (Å²) in [5.41, 5.74) is 0.600. The summed E-state index contributed by atoms with van der Waals surface area (Å²) in [5.74, 6) is 0.265. The van der Waals surface area contributed by atoms with Gasteiger partial charge in [0, 0.05) is 0 Å². The van der Waals surface area contributed by atoms with Gasteiger partial charge in [-0.25, -0.2) is 13.1 Å². The van der Waals surface area contributed by atoms with Crippen molar-refractivity contribution < 1.29 is 17.9 Å². The normalized spacial score (nSPS) is 18.1. The van der Waals surface area contributed by atoms with E-state index in [2.05, 4.69) is 10.0 Å².